The van der Waals surface area contributed by atoms with Crippen molar-refractivity contribution in [3.05, 3.63) is 24.0 Å². The zero-order valence-corrected chi connectivity index (χ0v) is 9.07. The van der Waals surface area contributed by atoms with Crippen LogP contribution in [-0.4, -0.2) is 10.9 Å². The maximum atomic E-state index is 12.8. The Labute approximate surface area is 95.3 Å². The van der Waals surface area contributed by atoms with Crippen LogP contribution < -0.4 is 10.5 Å². The van der Waals surface area contributed by atoms with Crippen LogP contribution in [0.5, 0.6) is 5.75 Å². The van der Waals surface area contributed by atoms with Gasteiger partial charge in [0.1, 0.15) is 11.6 Å². The molecule has 0 atom stereocenters. The summed E-state index contributed by atoms with van der Waals surface area (Å²) in [5, 5.41) is 0. The van der Waals surface area contributed by atoms with Gasteiger partial charge >= 0.3 is 10.9 Å². The molecular formula is C8H5BrF5NO. The summed E-state index contributed by atoms with van der Waals surface area (Å²) >= 11 is 1.46. The van der Waals surface area contributed by atoms with Crippen LogP contribution in [0.4, 0.5) is 27.6 Å². The van der Waals surface area contributed by atoms with Gasteiger partial charge in [-0.05, 0) is 12.1 Å². The van der Waals surface area contributed by atoms with Crippen LogP contribution in [0.25, 0.3) is 0 Å². The summed E-state index contributed by atoms with van der Waals surface area (Å²) in [5.74, 6) is -1.79. The van der Waals surface area contributed by atoms with Crippen molar-refractivity contribution in [2.75, 3.05) is 5.73 Å². The molecule has 1 aromatic rings. The summed E-state index contributed by atoms with van der Waals surface area (Å²) in [7, 11) is 0. The fraction of sp³-hybridized carbons (Fsp3) is 0.250. The molecule has 0 saturated heterocycles. The maximum absolute atomic E-state index is 12.8. The van der Waals surface area contributed by atoms with Crippen molar-refractivity contribution in [2.45, 2.75) is 10.9 Å². The van der Waals surface area contributed by atoms with Crippen molar-refractivity contribution in [3.8, 4) is 5.75 Å². The van der Waals surface area contributed by atoms with Gasteiger partial charge < -0.3 is 10.5 Å². The number of anilines is 1. The van der Waals surface area contributed by atoms with Crippen molar-refractivity contribution in [1.29, 1.82) is 0 Å². The molecule has 0 aliphatic heterocycles. The van der Waals surface area contributed by atoms with E-state index in [1.807, 2.05) is 0 Å². The molecule has 0 aliphatic rings. The first-order chi connectivity index (χ1) is 7.13. The lowest BCUT2D eigenvalue weighted by Gasteiger charge is -2.21. The molecular weight excluding hydrogens is 301 g/mol. The van der Waals surface area contributed by atoms with E-state index in [0.29, 0.717) is 6.07 Å². The molecule has 0 aliphatic carbocycles. The van der Waals surface area contributed by atoms with E-state index in [1.54, 1.807) is 0 Å². The Hall–Kier alpha value is -1.05. The molecule has 0 fully saturated rings. The smallest absolute Gasteiger partial charge is 0.427 e. The van der Waals surface area contributed by atoms with Crippen LogP contribution >= 0.6 is 15.9 Å². The Balaban J connectivity index is 2.93. The molecule has 8 heteroatoms. The van der Waals surface area contributed by atoms with Crippen molar-refractivity contribution >= 4 is 21.6 Å². The van der Waals surface area contributed by atoms with E-state index in [9.17, 15) is 22.0 Å². The van der Waals surface area contributed by atoms with Gasteiger partial charge in [-0.3, -0.25) is 0 Å². The molecule has 0 saturated carbocycles. The number of alkyl halides is 5. The lowest BCUT2D eigenvalue weighted by molar-refractivity contribution is -0.266. The van der Waals surface area contributed by atoms with Gasteiger partial charge in [-0.25, -0.2) is 4.39 Å². The van der Waals surface area contributed by atoms with Crippen LogP contribution in [0.2, 0.25) is 0 Å². The third kappa shape index (κ3) is 2.75. The quantitative estimate of drug-likeness (QED) is 0.528. The zero-order valence-electron chi connectivity index (χ0n) is 7.49. The van der Waals surface area contributed by atoms with Gasteiger partial charge in [0.25, 0.3) is 0 Å². The Bertz CT molecular complexity index is 393. The van der Waals surface area contributed by atoms with Gasteiger partial charge in [-0.1, -0.05) is 0 Å². The maximum Gasteiger partial charge on any atom is 0.475 e. The normalized spacial score (nSPS) is 12.6. The van der Waals surface area contributed by atoms with E-state index in [2.05, 4.69) is 4.74 Å². The first-order valence-electron chi connectivity index (χ1n) is 3.82. The predicted octanol–water partition coefficient (Wildman–Crippen LogP) is 3.37. The topological polar surface area (TPSA) is 35.2 Å². The van der Waals surface area contributed by atoms with Gasteiger partial charge in [0.2, 0.25) is 0 Å². The molecule has 16 heavy (non-hydrogen) atoms. The Morgan fingerprint density at radius 1 is 1.19 bits per heavy atom. The highest BCUT2D eigenvalue weighted by atomic mass is 79.9. The van der Waals surface area contributed by atoms with E-state index < -0.39 is 22.5 Å². The van der Waals surface area contributed by atoms with Crippen LogP contribution in [0.1, 0.15) is 0 Å². The number of halogens is 6. The highest BCUT2D eigenvalue weighted by molar-refractivity contribution is 9.10. The van der Waals surface area contributed by atoms with Crippen LogP contribution in [0.15, 0.2) is 18.2 Å². The second kappa shape index (κ2) is 4.08. The number of hydrogen-bond acceptors (Lipinski definition) is 2. The monoisotopic (exact) mass is 305 g/mol. The second-order valence-corrected chi connectivity index (χ2v) is 3.80. The van der Waals surface area contributed by atoms with Crippen molar-refractivity contribution in [1.82, 2.24) is 0 Å². The van der Waals surface area contributed by atoms with Crippen LogP contribution in [-0.2, 0) is 0 Å². The van der Waals surface area contributed by atoms with Gasteiger partial charge in [0.15, 0.2) is 0 Å². The van der Waals surface area contributed by atoms with Gasteiger partial charge in [0, 0.05) is 22.0 Å². The molecule has 1 aromatic carbocycles. The molecule has 0 heterocycles. The fourth-order valence-electron chi connectivity index (χ4n) is 0.777. The highest BCUT2D eigenvalue weighted by Crippen LogP contribution is 2.40. The van der Waals surface area contributed by atoms with E-state index >= 15 is 0 Å². The first kappa shape index (κ1) is 13.0. The van der Waals surface area contributed by atoms with Gasteiger partial charge in [-0.2, -0.15) is 17.6 Å². The zero-order chi connectivity index (χ0) is 12.6. The summed E-state index contributed by atoms with van der Waals surface area (Å²) in [6, 6.07) is 2.26. The Morgan fingerprint density at radius 2 is 1.75 bits per heavy atom. The van der Waals surface area contributed by atoms with Gasteiger partial charge in [0.05, 0.1) is 5.69 Å². The average molecular weight is 306 g/mol. The molecule has 0 unspecified atom stereocenters. The summed E-state index contributed by atoms with van der Waals surface area (Å²) in [4.78, 5) is -4.56. The van der Waals surface area contributed by atoms with Crippen molar-refractivity contribution in [3.63, 3.8) is 0 Å². The molecule has 90 valence electrons. The van der Waals surface area contributed by atoms with E-state index in [1.165, 1.54) is 15.9 Å². The second-order valence-electron chi connectivity index (χ2n) is 2.80. The molecule has 0 radical (unpaired) electrons. The van der Waals surface area contributed by atoms with Crippen LogP contribution in [0, 0.1) is 5.82 Å². The van der Waals surface area contributed by atoms with Crippen molar-refractivity contribution < 1.29 is 26.7 Å². The lowest BCUT2D eigenvalue weighted by atomic mass is 10.3. The lowest BCUT2D eigenvalue weighted by Crippen LogP contribution is -2.40. The summed E-state index contributed by atoms with van der Waals surface area (Å²) in [6.07, 6.45) is -4.80. The summed E-state index contributed by atoms with van der Waals surface area (Å²) in [5.41, 5.74) is 4.76. The molecule has 0 spiro atoms. The Kier molecular flexibility index (Phi) is 3.32. The molecule has 0 bridgehead atoms. The minimum atomic E-state index is -4.80. The average Bonchev–Trinajstić information content (AvgIpc) is 2.09. The summed E-state index contributed by atoms with van der Waals surface area (Å²) in [6.45, 7) is 0. The minimum Gasteiger partial charge on any atom is -0.427 e. The number of ether oxygens (including phenoxy) is 1. The Morgan fingerprint density at radius 3 is 2.19 bits per heavy atom. The molecule has 2 nitrogen and oxygen atoms in total. The number of benzene rings is 1. The van der Waals surface area contributed by atoms with E-state index in [4.69, 9.17) is 5.73 Å². The van der Waals surface area contributed by atoms with Crippen LogP contribution in [0.3, 0.4) is 0 Å². The standard InChI is InChI=1S/C8H5BrF5NO/c9-7(11,12)8(13,14)16-4-1-2-6(15)5(10)3-4/h1-3H,15H2. The number of nitrogen functional groups attached to an aromatic ring is 1. The molecule has 2 N–H and O–H groups in total. The largest absolute Gasteiger partial charge is 0.475 e. The van der Waals surface area contributed by atoms with E-state index in [0.717, 1.165) is 12.1 Å². The molecule has 0 amide bonds. The van der Waals surface area contributed by atoms with Crippen molar-refractivity contribution in [2.24, 2.45) is 0 Å². The third-order valence-corrected chi connectivity index (χ3v) is 2.01. The number of hydrogen-bond donors (Lipinski definition) is 1. The minimum absolute atomic E-state index is 0.304. The third-order valence-electron chi connectivity index (χ3n) is 1.55. The molecule has 0 aromatic heterocycles. The number of rotatable bonds is 3. The number of nitrogens with two attached hydrogens (primary N) is 1. The predicted molar refractivity (Wildman–Crippen MR) is 50.3 cm³/mol. The first-order valence-corrected chi connectivity index (χ1v) is 4.61. The molecule has 1 rings (SSSR count). The fourth-order valence-corrected chi connectivity index (χ4v) is 0.858. The van der Waals surface area contributed by atoms with Gasteiger partial charge in [-0.15, -0.1) is 0 Å². The van der Waals surface area contributed by atoms with E-state index in [-0.39, 0.29) is 5.69 Å². The highest BCUT2D eigenvalue weighted by Gasteiger charge is 2.57. The SMILES string of the molecule is Nc1ccc(OC(F)(F)C(F)(F)Br)cc1F. The summed E-state index contributed by atoms with van der Waals surface area (Å²) < 4.78 is 66.4.